The van der Waals surface area contributed by atoms with Crippen molar-refractivity contribution in [1.82, 2.24) is 0 Å². The van der Waals surface area contributed by atoms with Crippen LogP contribution in [0.25, 0.3) is 43.5 Å². The van der Waals surface area contributed by atoms with Crippen molar-refractivity contribution in [1.29, 1.82) is 0 Å². The highest BCUT2D eigenvalue weighted by molar-refractivity contribution is 7.22. The molecular formula is C68H46N2OSi2. The van der Waals surface area contributed by atoms with E-state index < -0.39 is 16.1 Å². The normalized spacial score (nSPS) is 14.2. The van der Waals surface area contributed by atoms with Gasteiger partial charge in [0.25, 0.3) is 0 Å². The number of hydrogen-bond acceptors (Lipinski definition) is 3. The van der Waals surface area contributed by atoms with Crippen molar-refractivity contribution in [2.75, 3.05) is 9.80 Å². The summed E-state index contributed by atoms with van der Waals surface area (Å²) in [6.45, 7) is 0. The molecule has 0 radical (unpaired) electrons. The van der Waals surface area contributed by atoms with Gasteiger partial charge < -0.3 is 14.2 Å². The molecule has 0 aliphatic carbocycles. The number of hydrogen-bond donors (Lipinski definition) is 0. The Morgan fingerprint density at radius 1 is 0.233 bits per heavy atom. The quantitative estimate of drug-likeness (QED) is 0.122. The van der Waals surface area contributed by atoms with Gasteiger partial charge in [-0.05, 0) is 71.8 Å². The Labute approximate surface area is 426 Å². The highest BCUT2D eigenvalue weighted by Gasteiger charge is 2.51. The van der Waals surface area contributed by atoms with Crippen molar-refractivity contribution in [3.8, 4) is 0 Å². The first-order valence-corrected chi connectivity index (χ1v) is 29.3. The molecule has 12 aromatic carbocycles. The van der Waals surface area contributed by atoms with Gasteiger partial charge in [-0.1, -0.05) is 243 Å². The molecule has 0 N–H and O–H groups in total. The lowest BCUT2D eigenvalue weighted by atomic mass is 9.95. The van der Waals surface area contributed by atoms with Crippen LogP contribution >= 0.6 is 0 Å². The molecule has 0 atom stereocenters. The standard InChI is InChI=1S/C68H46N2OSi2/c1-5-25-47(26-6-1)72(48-27-7-2-8-28-48)63-42-22-18-38-57(63)69(58-39-19-23-43-64(58)72)67-52-34-13-15-36-54(52)68(55-37-16-14-35-53(55)67)70-59-40-20-24-44-65(59)73(49-29-9-3-10-30-49,50-31-11-4-12-32-50)66-45-56-51-33-17-21-41-61(51)71-62(56)46-60(66)70/h1-46H. The average Bonchev–Trinajstić information content (AvgIpc) is 3.84. The van der Waals surface area contributed by atoms with Gasteiger partial charge in [0, 0.05) is 55.4 Å². The predicted molar refractivity (Wildman–Crippen MR) is 312 cm³/mol. The van der Waals surface area contributed by atoms with Crippen molar-refractivity contribution >= 4 is 135 Å². The summed E-state index contributed by atoms with van der Waals surface area (Å²) in [5, 5.41) is 17.8. The summed E-state index contributed by atoms with van der Waals surface area (Å²) in [4.78, 5) is 5.21. The number of fused-ring (bicyclic) bond motifs is 9. The van der Waals surface area contributed by atoms with Crippen LogP contribution in [0.4, 0.5) is 34.1 Å². The monoisotopic (exact) mass is 962 g/mol. The van der Waals surface area contributed by atoms with Crippen LogP contribution < -0.4 is 51.3 Å². The molecule has 0 bridgehead atoms. The topological polar surface area (TPSA) is 19.6 Å². The number of benzene rings is 12. The molecule has 1 aromatic heterocycles. The SMILES string of the molecule is c1ccc([Si]2(c3ccccc3)c3ccccc3N(c3c4ccccc4c(N4c5ccccc5[Si](c5ccccc5)(c5ccccc5)c5cc6c(cc54)oc4ccccc46)c4ccccc34)c3ccccc32)cc1. The lowest BCUT2D eigenvalue weighted by Crippen LogP contribution is -2.77. The number of para-hydroxylation sites is 4. The van der Waals surface area contributed by atoms with E-state index in [1.165, 1.54) is 85.8 Å². The molecule has 2 aliphatic heterocycles. The fourth-order valence-electron chi connectivity index (χ4n) is 13.1. The summed E-state index contributed by atoms with van der Waals surface area (Å²) in [6.07, 6.45) is 0. The van der Waals surface area contributed by atoms with Crippen molar-refractivity contribution in [2.24, 2.45) is 0 Å². The van der Waals surface area contributed by atoms with Crippen LogP contribution in [-0.2, 0) is 0 Å². The summed E-state index contributed by atoms with van der Waals surface area (Å²) in [5.74, 6) is 0. The second kappa shape index (κ2) is 16.3. The molecule has 0 saturated heterocycles. The number of rotatable bonds is 6. The Morgan fingerprint density at radius 3 is 0.959 bits per heavy atom. The first-order chi connectivity index (χ1) is 36.3. The fraction of sp³-hybridized carbons (Fsp3) is 0. The molecule has 3 heterocycles. The third-order valence-corrected chi connectivity index (χ3v) is 25.6. The second-order valence-electron chi connectivity index (χ2n) is 19.4. The van der Waals surface area contributed by atoms with E-state index in [9.17, 15) is 0 Å². The molecular weight excluding hydrogens is 917 g/mol. The molecule has 13 aromatic rings. The third kappa shape index (κ3) is 5.80. The highest BCUT2D eigenvalue weighted by Crippen LogP contribution is 2.52. The first kappa shape index (κ1) is 41.7. The van der Waals surface area contributed by atoms with Gasteiger partial charge in [0.05, 0.1) is 17.1 Å². The zero-order valence-corrected chi connectivity index (χ0v) is 41.9. The van der Waals surface area contributed by atoms with Gasteiger partial charge in [0.15, 0.2) is 16.1 Å². The maximum atomic E-state index is 6.88. The Bertz CT molecular complexity index is 4100. The predicted octanol–water partition coefficient (Wildman–Crippen LogP) is 12.2. The van der Waals surface area contributed by atoms with Crippen molar-refractivity contribution in [2.45, 2.75) is 0 Å². The molecule has 0 fully saturated rings. The van der Waals surface area contributed by atoms with Crippen LogP contribution in [0.2, 0.25) is 0 Å². The van der Waals surface area contributed by atoms with E-state index in [1.807, 2.05) is 0 Å². The van der Waals surface area contributed by atoms with Gasteiger partial charge in [-0.15, -0.1) is 0 Å². The van der Waals surface area contributed by atoms with Crippen LogP contribution in [0.5, 0.6) is 0 Å². The van der Waals surface area contributed by atoms with Crippen molar-refractivity contribution < 1.29 is 4.42 Å². The summed E-state index contributed by atoms with van der Waals surface area (Å²) >= 11 is 0. The van der Waals surface area contributed by atoms with E-state index in [0.717, 1.165) is 33.3 Å². The zero-order valence-electron chi connectivity index (χ0n) is 39.9. The summed E-state index contributed by atoms with van der Waals surface area (Å²) in [5.41, 5.74) is 8.85. The second-order valence-corrected chi connectivity index (χ2v) is 26.9. The zero-order chi connectivity index (χ0) is 48.1. The van der Waals surface area contributed by atoms with Crippen LogP contribution in [0, 0.1) is 0 Å². The average molecular weight is 963 g/mol. The molecule has 342 valence electrons. The van der Waals surface area contributed by atoms with Crippen LogP contribution in [0.15, 0.2) is 283 Å². The minimum atomic E-state index is -3.04. The third-order valence-electron chi connectivity index (χ3n) is 15.9. The first-order valence-electron chi connectivity index (χ1n) is 25.3. The molecule has 0 unspecified atom stereocenters. The van der Waals surface area contributed by atoms with E-state index in [2.05, 4.69) is 289 Å². The molecule has 5 heteroatoms. The van der Waals surface area contributed by atoms with Gasteiger partial charge in [-0.3, -0.25) is 0 Å². The molecule has 2 aliphatic rings. The summed E-state index contributed by atoms with van der Waals surface area (Å²) in [6, 6.07) is 105. The fourth-order valence-corrected chi connectivity index (χ4v) is 23.3. The largest absolute Gasteiger partial charge is 0.456 e. The molecule has 0 amide bonds. The van der Waals surface area contributed by atoms with E-state index >= 15 is 0 Å². The summed E-state index contributed by atoms with van der Waals surface area (Å²) in [7, 11) is -5.90. The molecule has 0 saturated carbocycles. The van der Waals surface area contributed by atoms with E-state index in [1.54, 1.807) is 0 Å². The molecule has 0 spiro atoms. The Kier molecular flexibility index (Phi) is 9.30. The smallest absolute Gasteiger partial charge is 0.184 e. The Hall–Kier alpha value is -9.01. The molecule has 73 heavy (non-hydrogen) atoms. The Morgan fingerprint density at radius 2 is 0.548 bits per heavy atom. The van der Waals surface area contributed by atoms with Crippen molar-refractivity contribution in [3.63, 3.8) is 0 Å². The lowest BCUT2D eigenvalue weighted by molar-refractivity contribution is 0.669. The molecule has 15 rings (SSSR count). The van der Waals surface area contributed by atoms with Crippen LogP contribution in [-0.4, -0.2) is 16.1 Å². The van der Waals surface area contributed by atoms with Crippen LogP contribution in [0.1, 0.15) is 0 Å². The number of furan rings is 1. The van der Waals surface area contributed by atoms with E-state index in [4.69, 9.17) is 4.42 Å². The van der Waals surface area contributed by atoms with Gasteiger partial charge in [-0.25, -0.2) is 0 Å². The van der Waals surface area contributed by atoms with Gasteiger partial charge >= 0.3 is 0 Å². The lowest BCUT2D eigenvalue weighted by Gasteiger charge is -2.46. The number of nitrogens with zero attached hydrogens (tertiary/aromatic N) is 2. The summed E-state index contributed by atoms with van der Waals surface area (Å²) < 4.78 is 6.88. The van der Waals surface area contributed by atoms with E-state index in [0.29, 0.717) is 0 Å². The van der Waals surface area contributed by atoms with Gasteiger partial charge in [-0.2, -0.15) is 0 Å². The van der Waals surface area contributed by atoms with Crippen LogP contribution in [0.3, 0.4) is 0 Å². The van der Waals surface area contributed by atoms with Gasteiger partial charge in [0.1, 0.15) is 11.2 Å². The Balaban J connectivity index is 1.07. The van der Waals surface area contributed by atoms with Crippen molar-refractivity contribution in [3.05, 3.63) is 279 Å². The maximum Gasteiger partial charge on any atom is 0.184 e. The highest BCUT2D eigenvalue weighted by atomic mass is 28.3. The molecule has 3 nitrogen and oxygen atoms in total. The van der Waals surface area contributed by atoms with Gasteiger partial charge in [0.2, 0.25) is 0 Å². The maximum absolute atomic E-state index is 6.88. The minimum absolute atomic E-state index is 0.879. The minimum Gasteiger partial charge on any atom is -0.456 e. The van der Waals surface area contributed by atoms with E-state index in [-0.39, 0.29) is 0 Å². The number of anilines is 6.